The van der Waals surface area contributed by atoms with E-state index in [4.69, 9.17) is 10.8 Å². The monoisotopic (exact) mass is 299 g/mol. The van der Waals surface area contributed by atoms with E-state index in [-0.39, 0.29) is 17.5 Å². The summed E-state index contributed by atoms with van der Waals surface area (Å²) in [4.78, 5) is 0. The summed E-state index contributed by atoms with van der Waals surface area (Å²) in [6.45, 7) is 6.39. The fourth-order valence-corrected chi connectivity index (χ4v) is 4.80. The average molecular weight is 299 g/mol. The number of nitrogens with two attached hydrogens (primary N) is 1. The van der Waals surface area contributed by atoms with Gasteiger partial charge in [0.05, 0.1) is 23.2 Å². The Hall–Kier alpha value is -1.04. The minimum Gasteiger partial charge on any atom is -0.384 e. The van der Waals surface area contributed by atoms with Crippen molar-refractivity contribution in [2.24, 2.45) is 0 Å². The first-order chi connectivity index (χ1) is 9.43. The van der Waals surface area contributed by atoms with Crippen LogP contribution in [0.4, 0.5) is 5.82 Å². The van der Waals surface area contributed by atoms with Crippen LogP contribution in [0.15, 0.2) is 0 Å². The second-order valence-corrected chi connectivity index (χ2v) is 7.85. The molecule has 0 bridgehead atoms. The summed E-state index contributed by atoms with van der Waals surface area (Å²) in [5.74, 6) is 1.49. The number of hydrogen-bond acceptors (Lipinski definition) is 4. The van der Waals surface area contributed by atoms with Crippen LogP contribution in [0.5, 0.6) is 0 Å². The molecule has 0 saturated carbocycles. The molecule has 1 atom stereocenters. The second-order valence-electron chi connectivity index (χ2n) is 5.62. The fraction of sp³-hybridized carbons (Fsp3) is 0.786. The number of hydrogen-bond donors (Lipinski definition) is 1. The van der Waals surface area contributed by atoms with Gasteiger partial charge in [0.1, 0.15) is 5.82 Å². The van der Waals surface area contributed by atoms with E-state index in [0.717, 1.165) is 30.5 Å². The summed E-state index contributed by atoms with van der Waals surface area (Å²) >= 11 is 0. The number of nitrogens with zero attached hydrogens (tertiary/aromatic N) is 2. The van der Waals surface area contributed by atoms with Crippen LogP contribution in [-0.4, -0.2) is 29.7 Å². The van der Waals surface area contributed by atoms with Crippen molar-refractivity contribution in [1.29, 1.82) is 0 Å². The number of nitrogen functional groups attached to an aromatic ring is 1. The van der Waals surface area contributed by atoms with E-state index in [1.165, 1.54) is 0 Å². The van der Waals surface area contributed by atoms with Gasteiger partial charge in [0, 0.05) is 11.5 Å². The first-order valence-electron chi connectivity index (χ1n) is 7.50. The van der Waals surface area contributed by atoms with Crippen molar-refractivity contribution in [2.75, 3.05) is 17.2 Å². The molecule has 1 aliphatic rings. The van der Waals surface area contributed by atoms with Crippen molar-refractivity contribution < 1.29 is 8.42 Å². The van der Waals surface area contributed by atoms with Crippen molar-refractivity contribution >= 4 is 15.7 Å². The molecule has 1 aromatic rings. The van der Waals surface area contributed by atoms with E-state index in [1.54, 1.807) is 4.68 Å². The lowest BCUT2D eigenvalue weighted by Crippen LogP contribution is -2.15. The number of aromatic nitrogens is 2. The van der Waals surface area contributed by atoms with Gasteiger partial charge in [-0.3, -0.25) is 0 Å². The van der Waals surface area contributed by atoms with Gasteiger partial charge in [-0.15, -0.1) is 0 Å². The molecule has 2 N–H and O–H groups in total. The molecule has 0 aliphatic carbocycles. The Kier molecular flexibility index (Phi) is 4.42. The van der Waals surface area contributed by atoms with Crippen LogP contribution in [0, 0.1) is 0 Å². The summed E-state index contributed by atoms with van der Waals surface area (Å²) in [6.07, 6.45) is 3.53. The zero-order chi connectivity index (χ0) is 14.9. The van der Waals surface area contributed by atoms with E-state index in [0.29, 0.717) is 18.2 Å². The van der Waals surface area contributed by atoms with E-state index in [9.17, 15) is 8.42 Å². The predicted molar refractivity (Wildman–Crippen MR) is 81.6 cm³/mol. The Morgan fingerprint density at radius 3 is 2.45 bits per heavy atom. The largest absolute Gasteiger partial charge is 0.384 e. The Labute approximate surface area is 121 Å². The van der Waals surface area contributed by atoms with Gasteiger partial charge in [0.15, 0.2) is 9.84 Å². The zero-order valence-corrected chi connectivity index (χ0v) is 13.4. The van der Waals surface area contributed by atoms with Crippen LogP contribution < -0.4 is 5.73 Å². The summed E-state index contributed by atoms with van der Waals surface area (Å²) in [5.41, 5.74) is 8.40. The molecule has 0 spiro atoms. The van der Waals surface area contributed by atoms with Gasteiger partial charge in [-0.05, 0) is 25.7 Å². The molecule has 1 saturated heterocycles. The molecule has 1 aromatic heterocycles. The first kappa shape index (κ1) is 15.4. The van der Waals surface area contributed by atoms with Crippen LogP contribution in [0.1, 0.15) is 63.3 Å². The van der Waals surface area contributed by atoms with Gasteiger partial charge in [-0.25, -0.2) is 13.1 Å². The van der Waals surface area contributed by atoms with E-state index < -0.39 is 9.84 Å². The molecule has 20 heavy (non-hydrogen) atoms. The third-order valence-corrected chi connectivity index (χ3v) is 6.11. The highest BCUT2D eigenvalue weighted by Gasteiger charge is 2.32. The van der Waals surface area contributed by atoms with Crippen molar-refractivity contribution in [3.8, 4) is 0 Å². The van der Waals surface area contributed by atoms with Crippen molar-refractivity contribution in [3.63, 3.8) is 0 Å². The minimum absolute atomic E-state index is 0.0894. The minimum atomic E-state index is -2.92. The average Bonchev–Trinajstić information content (AvgIpc) is 2.91. The van der Waals surface area contributed by atoms with Crippen molar-refractivity contribution in [2.45, 2.75) is 58.4 Å². The Morgan fingerprint density at radius 1 is 1.35 bits per heavy atom. The maximum Gasteiger partial charge on any atom is 0.152 e. The maximum absolute atomic E-state index is 11.7. The van der Waals surface area contributed by atoms with Crippen LogP contribution in [-0.2, 0) is 16.3 Å². The fourth-order valence-electron chi connectivity index (χ4n) is 3.11. The third-order valence-electron chi connectivity index (χ3n) is 4.36. The molecule has 1 unspecified atom stereocenters. The quantitative estimate of drug-likeness (QED) is 0.905. The van der Waals surface area contributed by atoms with Crippen LogP contribution in [0.25, 0.3) is 0 Å². The SMILES string of the molecule is CCc1c(C(CC)CC)nn(C2CCS(=O)(=O)C2)c1N. The van der Waals surface area contributed by atoms with Gasteiger partial charge in [-0.1, -0.05) is 20.8 Å². The molecular formula is C14H25N3O2S. The molecule has 2 heterocycles. The zero-order valence-electron chi connectivity index (χ0n) is 12.6. The molecule has 0 aromatic carbocycles. The van der Waals surface area contributed by atoms with Crippen molar-refractivity contribution in [1.82, 2.24) is 9.78 Å². The standard InChI is InChI=1S/C14H25N3O2S/c1-4-10(5-2)13-12(6-3)14(15)17(16-13)11-7-8-20(18,19)9-11/h10-11H,4-9,15H2,1-3H3. The van der Waals surface area contributed by atoms with Gasteiger partial charge >= 0.3 is 0 Å². The predicted octanol–water partition coefficient (Wildman–Crippen LogP) is 2.29. The van der Waals surface area contributed by atoms with Crippen LogP contribution in [0.2, 0.25) is 0 Å². The number of rotatable bonds is 5. The molecule has 0 amide bonds. The molecule has 5 nitrogen and oxygen atoms in total. The second kappa shape index (κ2) is 5.76. The number of anilines is 1. The van der Waals surface area contributed by atoms with E-state index >= 15 is 0 Å². The van der Waals surface area contributed by atoms with E-state index in [1.807, 2.05) is 0 Å². The molecular weight excluding hydrogens is 274 g/mol. The molecule has 6 heteroatoms. The highest BCUT2D eigenvalue weighted by Crippen LogP contribution is 2.33. The smallest absolute Gasteiger partial charge is 0.152 e. The number of sulfone groups is 1. The molecule has 1 fully saturated rings. The molecule has 1 aliphatic heterocycles. The normalized spacial score (nSPS) is 21.7. The Balaban J connectivity index is 2.40. The van der Waals surface area contributed by atoms with Gasteiger partial charge in [0.25, 0.3) is 0 Å². The summed E-state index contributed by atoms with van der Waals surface area (Å²) in [5, 5.41) is 4.70. The molecule has 114 valence electrons. The Morgan fingerprint density at radius 2 is 2.00 bits per heavy atom. The Bertz CT molecular complexity index is 573. The highest BCUT2D eigenvalue weighted by molar-refractivity contribution is 7.91. The van der Waals surface area contributed by atoms with Crippen LogP contribution in [0.3, 0.4) is 0 Å². The van der Waals surface area contributed by atoms with E-state index in [2.05, 4.69) is 20.8 Å². The lowest BCUT2D eigenvalue weighted by molar-refractivity contribution is 0.491. The lowest BCUT2D eigenvalue weighted by Gasteiger charge is -2.11. The van der Waals surface area contributed by atoms with Gasteiger partial charge < -0.3 is 5.73 Å². The maximum atomic E-state index is 11.7. The van der Waals surface area contributed by atoms with Crippen molar-refractivity contribution in [3.05, 3.63) is 11.3 Å². The topological polar surface area (TPSA) is 78.0 Å². The first-order valence-corrected chi connectivity index (χ1v) is 9.32. The molecule has 2 rings (SSSR count). The van der Waals surface area contributed by atoms with Gasteiger partial charge in [-0.2, -0.15) is 5.10 Å². The summed E-state index contributed by atoms with van der Waals surface area (Å²) in [7, 11) is -2.92. The summed E-state index contributed by atoms with van der Waals surface area (Å²) < 4.78 is 25.1. The third kappa shape index (κ3) is 2.71. The van der Waals surface area contributed by atoms with Gasteiger partial charge in [0.2, 0.25) is 0 Å². The summed E-state index contributed by atoms with van der Waals surface area (Å²) in [6, 6.07) is -0.0894. The highest BCUT2D eigenvalue weighted by atomic mass is 32.2. The molecule has 0 radical (unpaired) electrons. The van der Waals surface area contributed by atoms with Crippen LogP contribution >= 0.6 is 0 Å². The lowest BCUT2D eigenvalue weighted by atomic mass is 9.95.